The molecule has 2 N–H and O–H groups in total. The van der Waals surface area contributed by atoms with Gasteiger partial charge in [0.2, 0.25) is 6.79 Å². The first kappa shape index (κ1) is 11.3. The number of rotatable bonds is 2. The molecule has 0 amide bonds. The number of ether oxygens (including phenoxy) is 2. The topological polar surface area (TPSA) is 62.3 Å². The van der Waals surface area contributed by atoms with Gasteiger partial charge in [-0.3, -0.25) is 4.68 Å². The lowest BCUT2D eigenvalue weighted by atomic mass is 10.1. The zero-order valence-electron chi connectivity index (χ0n) is 10.1. The van der Waals surface area contributed by atoms with Crippen LogP contribution in [0.5, 0.6) is 11.5 Å². The molecule has 0 spiro atoms. The predicted molar refractivity (Wildman–Crippen MR) is 71.0 cm³/mol. The molecule has 0 bridgehead atoms. The van der Waals surface area contributed by atoms with Crippen LogP contribution in [-0.2, 0) is 7.05 Å². The molecule has 2 heterocycles. The average molecular weight is 263 g/mol. The van der Waals surface area contributed by atoms with E-state index in [0.717, 1.165) is 27.5 Å². The number of aryl methyl sites for hydroxylation is 1. The lowest BCUT2D eigenvalue weighted by Gasteiger charge is -2.09. The third-order valence-electron chi connectivity index (χ3n) is 2.97. The van der Waals surface area contributed by atoms with Gasteiger partial charge < -0.3 is 15.2 Å². The van der Waals surface area contributed by atoms with Gasteiger partial charge in [-0.1, -0.05) is 0 Å². The summed E-state index contributed by atoms with van der Waals surface area (Å²) in [6.45, 7) is 0.273. The summed E-state index contributed by atoms with van der Waals surface area (Å²) in [5, 5.41) is 4.17. The van der Waals surface area contributed by atoms with E-state index in [0.29, 0.717) is 5.82 Å². The summed E-state index contributed by atoms with van der Waals surface area (Å²) in [7, 11) is 1.82. The third-order valence-corrected chi connectivity index (χ3v) is 3.79. The second-order valence-electron chi connectivity index (χ2n) is 3.95. The molecule has 0 atom stereocenters. The molecule has 18 heavy (non-hydrogen) atoms. The fourth-order valence-electron chi connectivity index (χ4n) is 2.02. The molecule has 94 valence electrons. The maximum absolute atomic E-state index is 6.02. The first-order valence-corrected chi connectivity index (χ1v) is 6.69. The van der Waals surface area contributed by atoms with Crippen molar-refractivity contribution in [2.75, 3.05) is 18.8 Å². The van der Waals surface area contributed by atoms with E-state index < -0.39 is 0 Å². The third kappa shape index (κ3) is 1.53. The molecule has 1 aliphatic rings. The van der Waals surface area contributed by atoms with Crippen molar-refractivity contribution in [2.24, 2.45) is 7.05 Å². The highest BCUT2D eigenvalue weighted by Gasteiger charge is 2.22. The van der Waals surface area contributed by atoms with Crippen LogP contribution >= 0.6 is 11.8 Å². The Bertz CT molecular complexity index is 610. The quantitative estimate of drug-likeness (QED) is 0.841. The Morgan fingerprint density at radius 3 is 2.83 bits per heavy atom. The fourth-order valence-corrected chi connectivity index (χ4v) is 2.76. The van der Waals surface area contributed by atoms with Crippen molar-refractivity contribution >= 4 is 17.6 Å². The van der Waals surface area contributed by atoms with Crippen molar-refractivity contribution in [3.63, 3.8) is 0 Å². The average Bonchev–Trinajstić information content (AvgIpc) is 2.97. The molecule has 5 nitrogen and oxygen atoms in total. The van der Waals surface area contributed by atoms with Crippen molar-refractivity contribution in [1.29, 1.82) is 0 Å². The van der Waals surface area contributed by atoms with Gasteiger partial charge in [-0.15, -0.1) is 11.8 Å². The molecule has 3 rings (SSSR count). The van der Waals surface area contributed by atoms with Gasteiger partial charge in [0.25, 0.3) is 0 Å². The molecule has 0 saturated carbocycles. The first-order valence-electron chi connectivity index (χ1n) is 5.47. The molecule has 1 aromatic carbocycles. The SMILES string of the molecule is CSc1c(-c2cnn(C)c2N)ccc2c1OCO2. The molecular weight excluding hydrogens is 250 g/mol. The lowest BCUT2D eigenvalue weighted by Crippen LogP contribution is -1.98. The second-order valence-corrected chi connectivity index (χ2v) is 4.76. The maximum atomic E-state index is 6.02. The van der Waals surface area contributed by atoms with E-state index in [-0.39, 0.29) is 6.79 Å². The predicted octanol–water partition coefficient (Wildman–Crippen LogP) is 2.12. The van der Waals surface area contributed by atoms with E-state index in [4.69, 9.17) is 15.2 Å². The van der Waals surface area contributed by atoms with Crippen LogP contribution in [0.1, 0.15) is 0 Å². The van der Waals surface area contributed by atoms with E-state index in [2.05, 4.69) is 5.10 Å². The maximum Gasteiger partial charge on any atom is 0.231 e. The number of benzene rings is 1. The standard InChI is InChI=1S/C12H13N3O2S/c1-15-12(13)8(5-14-15)7-3-4-9-10(11(7)18-2)17-6-16-9/h3-5H,6,13H2,1-2H3. The van der Waals surface area contributed by atoms with E-state index in [1.165, 1.54) is 0 Å². The fraction of sp³-hybridized carbons (Fsp3) is 0.250. The van der Waals surface area contributed by atoms with Crippen LogP contribution in [0.3, 0.4) is 0 Å². The number of anilines is 1. The molecule has 0 fully saturated rings. The van der Waals surface area contributed by atoms with Crippen LogP contribution in [0.25, 0.3) is 11.1 Å². The molecule has 0 saturated heterocycles. The van der Waals surface area contributed by atoms with Gasteiger partial charge in [0.05, 0.1) is 11.1 Å². The summed E-state index contributed by atoms with van der Waals surface area (Å²) >= 11 is 1.62. The van der Waals surface area contributed by atoms with E-state index in [9.17, 15) is 0 Å². The highest BCUT2D eigenvalue weighted by molar-refractivity contribution is 7.98. The molecule has 1 aliphatic heterocycles. The number of hydrogen-bond acceptors (Lipinski definition) is 5. The van der Waals surface area contributed by atoms with Crippen molar-refractivity contribution in [1.82, 2.24) is 9.78 Å². The van der Waals surface area contributed by atoms with Crippen LogP contribution in [0, 0.1) is 0 Å². The molecule has 0 aliphatic carbocycles. The Hall–Kier alpha value is -1.82. The summed E-state index contributed by atoms with van der Waals surface area (Å²) in [6.07, 6.45) is 3.78. The minimum Gasteiger partial charge on any atom is -0.454 e. The monoisotopic (exact) mass is 263 g/mol. The molecule has 0 unspecified atom stereocenters. The Balaban J connectivity index is 2.21. The van der Waals surface area contributed by atoms with Gasteiger partial charge in [-0.05, 0) is 18.4 Å². The Morgan fingerprint density at radius 1 is 1.33 bits per heavy atom. The van der Waals surface area contributed by atoms with Crippen LogP contribution < -0.4 is 15.2 Å². The number of fused-ring (bicyclic) bond motifs is 1. The summed E-state index contributed by atoms with van der Waals surface area (Å²) in [5.74, 6) is 2.22. The summed E-state index contributed by atoms with van der Waals surface area (Å²) in [5.41, 5.74) is 7.96. The van der Waals surface area contributed by atoms with Crippen LogP contribution in [0.4, 0.5) is 5.82 Å². The highest BCUT2D eigenvalue weighted by atomic mass is 32.2. The number of hydrogen-bond donors (Lipinski definition) is 1. The zero-order chi connectivity index (χ0) is 12.7. The van der Waals surface area contributed by atoms with E-state index in [1.54, 1.807) is 22.6 Å². The van der Waals surface area contributed by atoms with E-state index >= 15 is 0 Å². The molecule has 0 radical (unpaired) electrons. The normalized spacial score (nSPS) is 13.0. The molecular formula is C12H13N3O2S. The van der Waals surface area contributed by atoms with Crippen molar-refractivity contribution in [2.45, 2.75) is 4.90 Å². The van der Waals surface area contributed by atoms with Gasteiger partial charge in [-0.2, -0.15) is 5.10 Å². The number of thioether (sulfide) groups is 1. The number of nitrogen functional groups attached to an aromatic ring is 1. The molecule has 6 heteroatoms. The number of aromatic nitrogens is 2. The van der Waals surface area contributed by atoms with Crippen molar-refractivity contribution in [3.05, 3.63) is 18.3 Å². The van der Waals surface area contributed by atoms with Gasteiger partial charge in [-0.25, -0.2) is 0 Å². The Morgan fingerprint density at radius 2 is 2.17 bits per heavy atom. The lowest BCUT2D eigenvalue weighted by molar-refractivity contribution is 0.172. The second kappa shape index (κ2) is 4.13. The Labute approximate surface area is 109 Å². The summed E-state index contributed by atoms with van der Waals surface area (Å²) < 4.78 is 12.6. The largest absolute Gasteiger partial charge is 0.454 e. The van der Waals surface area contributed by atoms with Crippen LogP contribution in [0.15, 0.2) is 23.2 Å². The van der Waals surface area contributed by atoms with E-state index in [1.807, 2.05) is 25.4 Å². The van der Waals surface area contributed by atoms with Gasteiger partial charge >= 0.3 is 0 Å². The first-order chi connectivity index (χ1) is 8.72. The van der Waals surface area contributed by atoms with Gasteiger partial charge in [0, 0.05) is 18.2 Å². The zero-order valence-corrected chi connectivity index (χ0v) is 11.0. The van der Waals surface area contributed by atoms with Gasteiger partial charge in [0.15, 0.2) is 11.5 Å². The summed E-state index contributed by atoms with van der Waals surface area (Å²) in [6, 6.07) is 3.90. The Kier molecular flexibility index (Phi) is 2.59. The van der Waals surface area contributed by atoms with Gasteiger partial charge in [0.1, 0.15) is 5.82 Å². The summed E-state index contributed by atoms with van der Waals surface area (Å²) in [4.78, 5) is 1.03. The minimum atomic E-state index is 0.273. The molecule has 2 aromatic rings. The number of nitrogens with zero attached hydrogens (tertiary/aromatic N) is 2. The van der Waals surface area contributed by atoms with Crippen molar-refractivity contribution in [3.8, 4) is 22.6 Å². The van der Waals surface area contributed by atoms with Crippen LogP contribution in [0.2, 0.25) is 0 Å². The van der Waals surface area contributed by atoms with Crippen LogP contribution in [-0.4, -0.2) is 22.8 Å². The minimum absolute atomic E-state index is 0.273. The number of nitrogens with two attached hydrogens (primary N) is 1. The molecule has 1 aromatic heterocycles. The smallest absolute Gasteiger partial charge is 0.231 e. The highest BCUT2D eigenvalue weighted by Crippen LogP contribution is 2.46. The van der Waals surface area contributed by atoms with Crippen molar-refractivity contribution < 1.29 is 9.47 Å².